The lowest BCUT2D eigenvalue weighted by Crippen LogP contribution is -2.44. The van der Waals surface area contributed by atoms with E-state index >= 15 is 0 Å². The Hall–Kier alpha value is -4.30. The molecule has 5 rings (SSSR count). The van der Waals surface area contributed by atoms with Crippen molar-refractivity contribution in [3.05, 3.63) is 98.7 Å². The predicted molar refractivity (Wildman–Crippen MR) is 149 cm³/mol. The highest BCUT2D eigenvalue weighted by Gasteiger charge is 2.37. The van der Waals surface area contributed by atoms with Crippen LogP contribution in [0.5, 0.6) is 11.8 Å². The van der Waals surface area contributed by atoms with Crippen LogP contribution in [0.4, 0.5) is 23.2 Å². The largest absolute Gasteiger partial charge is 0.486 e. The number of ether oxygens (including phenoxy) is 2. The van der Waals surface area contributed by atoms with E-state index in [0.717, 1.165) is 22.5 Å². The van der Waals surface area contributed by atoms with Crippen LogP contribution >= 0.6 is 11.6 Å². The van der Waals surface area contributed by atoms with Crippen molar-refractivity contribution in [1.29, 1.82) is 0 Å². The molecule has 15 heteroatoms. The number of rotatable bonds is 8. The monoisotopic (exact) mass is 639 g/mol. The van der Waals surface area contributed by atoms with Crippen molar-refractivity contribution in [2.45, 2.75) is 30.5 Å². The number of halogens is 5. The number of H-pyrrole nitrogens is 1. The van der Waals surface area contributed by atoms with E-state index in [1.807, 2.05) is 0 Å². The predicted octanol–water partition coefficient (Wildman–Crippen LogP) is 6.16. The molecule has 226 valence electrons. The summed E-state index contributed by atoms with van der Waals surface area (Å²) in [4.78, 5) is 12.8. The standard InChI is InChI=1S/C28H22ClF4N3O6S/c1-16(25-21(29)6-3-7-22(25)30)12-17-8-9-24-23(13-17)36(15-19(41-24)10-11-40-26-34-27(37)42-35-26)43(38,39)20-5-2-4-18(14-20)28(31,32)33/h2-9,12-14,19H,10-11,15H2,1H3,(H,34,35,37)/b16-12+/t19-/m0/s1. The number of fused-ring (bicyclic) bond motifs is 1. The van der Waals surface area contributed by atoms with E-state index < -0.39 is 44.3 Å². The van der Waals surface area contributed by atoms with Crippen LogP contribution in [0, 0.1) is 5.82 Å². The lowest BCUT2D eigenvalue weighted by Gasteiger charge is -2.35. The summed E-state index contributed by atoms with van der Waals surface area (Å²) >= 11 is 6.19. The molecule has 1 aliphatic rings. The molecular weight excluding hydrogens is 618 g/mol. The maximum absolute atomic E-state index is 14.5. The number of aromatic amines is 1. The number of sulfonamides is 1. The summed E-state index contributed by atoms with van der Waals surface area (Å²) in [6.07, 6.45) is -3.86. The summed E-state index contributed by atoms with van der Waals surface area (Å²) in [5.74, 6) is -1.23. The first-order valence-corrected chi connectivity index (χ1v) is 14.5. The summed E-state index contributed by atoms with van der Waals surface area (Å²) < 4.78 is 99.1. The quantitative estimate of drug-likeness (QED) is 0.181. The second-order valence-electron chi connectivity index (χ2n) is 9.49. The summed E-state index contributed by atoms with van der Waals surface area (Å²) in [7, 11) is -4.54. The third kappa shape index (κ3) is 6.54. The Morgan fingerprint density at radius 2 is 1.95 bits per heavy atom. The van der Waals surface area contributed by atoms with Gasteiger partial charge >= 0.3 is 17.9 Å². The van der Waals surface area contributed by atoms with Crippen LogP contribution in [0.3, 0.4) is 0 Å². The normalized spacial score (nSPS) is 15.6. The van der Waals surface area contributed by atoms with Crippen LogP contribution in [0.15, 0.2) is 74.9 Å². The van der Waals surface area contributed by atoms with Crippen LogP contribution in [0.2, 0.25) is 5.02 Å². The molecule has 1 atom stereocenters. The van der Waals surface area contributed by atoms with Crippen molar-refractivity contribution >= 4 is 39.0 Å². The highest BCUT2D eigenvalue weighted by Crippen LogP contribution is 2.40. The van der Waals surface area contributed by atoms with Crippen LogP contribution < -0.4 is 19.5 Å². The summed E-state index contributed by atoms with van der Waals surface area (Å²) in [5.41, 5.74) is 0.0209. The van der Waals surface area contributed by atoms with Crippen molar-refractivity contribution in [3.63, 3.8) is 0 Å². The molecule has 3 aromatic carbocycles. The van der Waals surface area contributed by atoms with Gasteiger partial charge in [-0.15, -0.1) is 0 Å². The number of aromatic nitrogens is 2. The van der Waals surface area contributed by atoms with Gasteiger partial charge in [0.1, 0.15) is 17.7 Å². The third-order valence-corrected chi connectivity index (χ3v) is 8.59. The number of anilines is 1. The van der Waals surface area contributed by atoms with E-state index in [2.05, 4.69) is 14.7 Å². The molecule has 9 nitrogen and oxygen atoms in total. The molecule has 0 spiro atoms. The molecule has 0 fully saturated rings. The van der Waals surface area contributed by atoms with Gasteiger partial charge in [0.15, 0.2) is 0 Å². The minimum absolute atomic E-state index is 0.0661. The van der Waals surface area contributed by atoms with Gasteiger partial charge in [0, 0.05) is 12.0 Å². The summed E-state index contributed by atoms with van der Waals surface area (Å²) in [6, 6.07) is 12.1. The minimum Gasteiger partial charge on any atom is -0.486 e. The van der Waals surface area contributed by atoms with Crippen molar-refractivity contribution in [3.8, 4) is 11.8 Å². The first kappa shape index (κ1) is 30.2. The highest BCUT2D eigenvalue weighted by atomic mass is 35.5. The summed E-state index contributed by atoms with van der Waals surface area (Å²) in [5, 5.41) is 3.56. The van der Waals surface area contributed by atoms with Crippen LogP contribution in [-0.4, -0.2) is 37.8 Å². The van der Waals surface area contributed by atoms with Gasteiger partial charge in [0.25, 0.3) is 10.0 Å². The van der Waals surface area contributed by atoms with Gasteiger partial charge in [0.2, 0.25) is 0 Å². The van der Waals surface area contributed by atoms with Gasteiger partial charge in [-0.25, -0.2) is 22.6 Å². The molecular formula is C28H22ClF4N3O6S. The molecule has 0 aliphatic carbocycles. The van der Waals surface area contributed by atoms with Gasteiger partial charge < -0.3 is 9.47 Å². The zero-order valence-electron chi connectivity index (χ0n) is 22.2. The van der Waals surface area contributed by atoms with E-state index in [1.54, 1.807) is 19.1 Å². The Labute approximate surface area is 247 Å². The average Bonchev–Trinajstić information content (AvgIpc) is 3.37. The fourth-order valence-electron chi connectivity index (χ4n) is 4.52. The smallest absolute Gasteiger partial charge is 0.441 e. The van der Waals surface area contributed by atoms with E-state index in [1.165, 1.54) is 30.3 Å². The zero-order valence-corrected chi connectivity index (χ0v) is 23.8. The molecule has 0 radical (unpaired) electrons. The summed E-state index contributed by atoms with van der Waals surface area (Å²) in [6.45, 7) is 1.29. The lowest BCUT2D eigenvalue weighted by molar-refractivity contribution is -0.137. The Morgan fingerprint density at radius 3 is 2.65 bits per heavy atom. The first-order chi connectivity index (χ1) is 20.3. The van der Waals surface area contributed by atoms with E-state index in [4.69, 9.17) is 21.1 Å². The Bertz CT molecular complexity index is 1840. The first-order valence-electron chi connectivity index (χ1n) is 12.6. The van der Waals surface area contributed by atoms with Gasteiger partial charge in [-0.2, -0.15) is 13.2 Å². The van der Waals surface area contributed by atoms with E-state index in [9.17, 15) is 30.8 Å². The van der Waals surface area contributed by atoms with E-state index in [0.29, 0.717) is 17.2 Å². The number of nitrogens with one attached hydrogen (secondary N) is 1. The molecule has 0 bridgehead atoms. The van der Waals surface area contributed by atoms with Crippen molar-refractivity contribution in [2.75, 3.05) is 17.5 Å². The SMILES string of the molecule is C/C(=C\c1ccc2c(c1)N(S(=O)(=O)c1cccc(C(F)(F)F)c1)C[C@H](CCOc1noc(=O)[nH]1)O2)c1c(F)cccc1Cl. The van der Waals surface area contributed by atoms with Crippen molar-refractivity contribution in [2.24, 2.45) is 0 Å². The zero-order chi connectivity index (χ0) is 30.9. The number of allylic oxidation sites excluding steroid dienone is 1. The van der Waals surface area contributed by atoms with Crippen LogP contribution in [-0.2, 0) is 16.2 Å². The topological polar surface area (TPSA) is 115 Å². The molecule has 0 amide bonds. The molecule has 2 heterocycles. The molecule has 0 saturated carbocycles. The van der Waals surface area contributed by atoms with Gasteiger partial charge in [-0.3, -0.25) is 8.83 Å². The number of alkyl halides is 3. The molecule has 1 N–H and O–H groups in total. The van der Waals surface area contributed by atoms with Crippen LogP contribution in [0.25, 0.3) is 11.6 Å². The molecule has 1 aromatic heterocycles. The second kappa shape index (κ2) is 11.8. The fourth-order valence-corrected chi connectivity index (χ4v) is 6.38. The molecule has 4 aromatic rings. The number of benzene rings is 3. The van der Waals surface area contributed by atoms with Crippen LogP contribution in [0.1, 0.15) is 30.0 Å². The maximum atomic E-state index is 14.5. The second-order valence-corrected chi connectivity index (χ2v) is 11.8. The van der Waals surface area contributed by atoms with E-state index in [-0.39, 0.29) is 47.6 Å². The molecule has 0 saturated heterocycles. The Morgan fingerprint density at radius 1 is 1.19 bits per heavy atom. The Kier molecular flexibility index (Phi) is 8.25. The lowest BCUT2D eigenvalue weighted by atomic mass is 10.0. The number of hydrogen-bond acceptors (Lipinski definition) is 7. The highest BCUT2D eigenvalue weighted by molar-refractivity contribution is 7.92. The van der Waals surface area contributed by atoms with Gasteiger partial charge in [-0.05, 0) is 65.7 Å². The van der Waals surface area contributed by atoms with Gasteiger partial charge in [0.05, 0.1) is 34.3 Å². The number of nitrogens with zero attached hydrogens (tertiary/aromatic N) is 2. The average molecular weight is 640 g/mol. The number of hydrogen-bond donors (Lipinski definition) is 1. The maximum Gasteiger partial charge on any atom is 0.441 e. The van der Waals surface area contributed by atoms with Crippen molar-refractivity contribution < 1.29 is 40.0 Å². The fraction of sp³-hybridized carbons (Fsp3) is 0.214. The van der Waals surface area contributed by atoms with Crippen molar-refractivity contribution in [1.82, 2.24) is 10.1 Å². The molecule has 1 aliphatic heterocycles. The Balaban J connectivity index is 1.52. The minimum atomic E-state index is -4.76. The molecule has 0 unspecified atom stereocenters. The third-order valence-electron chi connectivity index (χ3n) is 6.50. The molecule has 43 heavy (non-hydrogen) atoms. The van der Waals surface area contributed by atoms with Gasteiger partial charge in [-0.1, -0.05) is 35.9 Å².